The van der Waals surface area contributed by atoms with Crippen LogP contribution in [0.3, 0.4) is 0 Å². The number of ether oxygens (including phenoxy) is 1. The van der Waals surface area contributed by atoms with Gasteiger partial charge in [0.05, 0.1) is 11.3 Å². The molecule has 0 saturated carbocycles. The van der Waals surface area contributed by atoms with Crippen molar-refractivity contribution in [2.45, 2.75) is 6.42 Å². The van der Waals surface area contributed by atoms with Gasteiger partial charge in [0.25, 0.3) is 5.19 Å². The minimum absolute atomic E-state index is 0.488. The summed E-state index contributed by atoms with van der Waals surface area (Å²) in [5.41, 5.74) is 0.685. The van der Waals surface area contributed by atoms with E-state index in [-0.39, 0.29) is 0 Å². The lowest BCUT2D eigenvalue weighted by Gasteiger charge is -2.35. The molecule has 150 valence electrons. The van der Waals surface area contributed by atoms with Gasteiger partial charge in [-0.05, 0) is 30.1 Å². The predicted octanol–water partition coefficient (Wildman–Crippen LogP) is 3.39. The average molecular weight is 429 g/mol. The van der Waals surface area contributed by atoms with Crippen molar-refractivity contribution < 1.29 is 9.26 Å². The van der Waals surface area contributed by atoms with E-state index >= 15 is 0 Å². The summed E-state index contributed by atoms with van der Waals surface area (Å²) in [5, 5.41) is 7.57. The zero-order valence-electron chi connectivity index (χ0n) is 15.7. The van der Waals surface area contributed by atoms with E-state index in [4.69, 9.17) is 9.26 Å². The summed E-state index contributed by atoms with van der Waals surface area (Å²) in [6.45, 7) is 5.78. The Morgan fingerprint density at radius 3 is 2.90 bits per heavy atom. The Morgan fingerprint density at radius 1 is 1.14 bits per heavy atom. The van der Waals surface area contributed by atoms with Crippen LogP contribution >= 0.6 is 22.9 Å². The Morgan fingerprint density at radius 2 is 2.03 bits per heavy atom. The average Bonchev–Trinajstić information content (AvgIpc) is 3.52. The fraction of sp³-hybridized carbons (Fsp3) is 0.368. The molecule has 0 amide bonds. The van der Waals surface area contributed by atoms with Crippen molar-refractivity contribution in [2.24, 2.45) is 0 Å². The molecule has 0 aliphatic carbocycles. The molecule has 8 nitrogen and oxygen atoms in total. The maximum Gasteiger partial charge on any atom is 0.273 e. The second-order valence-corrected chi connectivity index (χ2v) is 8.41. The van der Waals surface area contributed by atoms with Gasteiger partial charge in [0.15, 0.2) is 0 Å². The summed E-state index contributed by atoms with van der Waals surface area (Å²) in [6, 6.07) is 8.47. The monoisotopic (exact) mass is 428 g/mol. The molecule has 3 aromatic heterocycles. The summed E-state index contributed by atoms with van der Waals surface area (Å²) in [6.07, 6.45) is 2.27. The van der Waals surface area contributed by atoms with Crippen LogP contribution in [-0.4, -0.2) is 63.7 Å². The summed E-state index contributed by atoms with van der Waals surface area (Å²) in [4.78, 5) is 13.3. The van der Waals surface area contributed by atoms with Gasteiger partial charge >= 0.3 is 0 Å². The van der Waals surface area contributed by atoms with Crippen LogP contribution in [0, 0.1) is 0 Å². The number of hydrogen-bond acceptors (Lipinski definition) is 10. The Hall–Kier alpha value is -2.56. The van der Waals surface area contributed by atoms with E-state index in [1.165, 1.54) is 27.8 Å². The topological polar surface area (TPSA) is 80.4 Å². The van der Waals surface area contributed by atoms with Crippen molar-refractivity contribution in [1.29, 1.82) is 0 Å². The smallest absolute Gasteiger partial charge is 0.273 e. The highest BCUT2D eigenvalue weighted by molar-refractivity contribution is 7.13. The van der Waals surface area contributed by atoms with E-state index in [1.54, 1.807) is 11.5 Å². The third-order valence-corrected chi connectivity index (χ3v) is 6.52. The zero-order chi connectivity index (χ0) is 19.5. The van der Waals surface area contributed by atoms with Crippen molar-refractivity contribution in [2.75, 3.05) is 44.2 Å². The highest BCUT2D eigenvalue weighted by Crippen LogP contribution is 2.30. The van der Waals surface area contributed by atoms with Gasteiger partial charge in [0, 0.05) is 43.5 Å². The Labute approximate surface area is 175 Å². The molecule has 1 saturated heterocycles. The molecule has 0 bridgehead atoms. The number of fused-ring (bicyclic) bond motifs is 1. The molecule has 1 fully saturated rings. The fourth-order valence-electron chi connectivity index (χ4n) is 3.44. The molecule has 29 heavy (non-hydrogen) atoms. The largest absolute Gasteiger partial charge is 0.470 e. The van der Waals surface area contributed by atoms with Crippen molar-refractivity contribution >= 4 is 38.8 Å². The molecule has 0 spiro atoms. The minimum atomic E-state index is 0.488. The van der Waals surface area contributed by atoms with Gasteiger partial charge in [-0.3, -0.25) is 4.90 Å². The van der Waals surface area contributed by atoms with Gasteiger partial charge in [-0.2, -0.15) is 14.3 Å². The van der Waals surface area contributed by atoms with Crippen molar-refractivity contribution in [3.8, 4) is 16.7 Å². The number of thiazole rings is 1. The van der Waals surface area contributed by atoms with Crippen LogP contribution in [0.1, 0.15) is 6.42 Å². The lowest BCUT2D eigenvalue weighted by atomic mass is 10.2. The van der Waals surface area contributed by atoms with E-state index in [9.17, 15) is 0 Å². The number of rotatable bonds is 7. The third-order valence-electron chi connectivity index (χ3n) is 4.95. The second kappa shape index (κ2) is 8.44. The second-order valence-electron chi connectivity index (χ2n) is 6.79. The van der Waals surface area contributed by atoms with Crippen LogP contribution < -0.4 is 9.64 Å². The van der Waals surface area contributed by atoms with Gasteiger partial charge in [0.1, 0.15) is 11.5 Å². The van der Waals surface area contributed by atoms with Crippen molar-refractivity contribution in [1.82, 2.24) is 24.4 Å². The van der Waals surface area contributed by atoms with Gasteiger partial charge in [0.2, 0.25) is 12.2 Å². The molecule has 10 heteroatoms. The number of anilines is 1. The molecule has 1 aromatic carbocycles. The van der Waals surface area contributed by atoms with Crippen LogP contribution in [0.5, 0.6) is 5.19 Å². The molecule has 0 N–H and O–H groups in total. The van der Waals surface area contributed by atoms with E-state index in [0.29, 0.717) is 23.3 Å². The lowest BCUT2D eigenvalue weighted by molar-refractivity contribution is 0.224. The number of piperazine rings is 1. The highest BCUT2D eigenvalue weighted by Gasteiger charge is 2.20. The summed E-state index contributed by atoms with van der Waals surface area (Å²) in [7, 11) is 0. The van der Waals surface area contributed by atoms with E-state index < -0.39 is 0 Å². The molecule has 1 aliphatic rings. The van der Waals surface area contributed by atoms with Gasteiger partial charge in [-0.1, -0.05) is 28.6 Å². The third kappa shape index (κ3) is 4.09. The first kappa shape index (κ1) is 18.5. The molecule has 5 rings (SSSR count). The molecular formula is C19H20N6O2S2. The number of hydrogen-bond donors (Lipinski definition) is 0. The van der Waals surface area contributed by atoms with E-state index in [2.05, 4.69) is 53.6 Å². The van der Waals surface area contributed by atoms with Gasteiger partial charge < -0.3 is 14.2 Å². The first-order valence-electron chi connectivity index (χ1n) is 9.53. The Kier molecular flexibility index (Phi) is 5.37. The van der Waals surface area contributed by atoms with Crippen LogP contribution in [0.2, 0.25) is 0 Å². The van der Waals surface area contributed by atoms with Gasteiger partial charge in [-0.25, -0.2) is 0 Å². The van der Waals surface area contributed by atoms with Crippen molar-refractivity contribution in [3.63, 3.8) is 0 Å². The molecule has 0 radical (unpaired) electrons. The first-order valence-corrected chi connectivity index (χ1v) is 11.2. The number of nitrogens with zero attached hydrogens (tertiary/aromatic N) is 6. The molecule has 0 atom stereocenters. The lowest BCUT2D eigenvalue weighted by Crippen LogP contribution is -2.47. The quantitative estimate of drug-likeness (QED) is 0.415. The van der Waals surface area contributed by atoms with Crippen LogP contribution in [0.4, 0.5) is 5.82 Å². The Balaban J connectivity index is 1.06. The fourth-order valence-corrected chi connectivity index (χ4v) is 4.91. The van der Waals surface area contributed by atoms with Crippen molar-refractivity contribution in [3.05, 3.63) is 36.0 Å². The normalized spacial score (nSPS) is 15.2. The minimum Gasteiger partial charge on any atom is -0.470 e. The van der Waals surface area contributed by atoms with Crippen LogP contribution in [-0.2, 0) is 0 Å². The zero-order valence-corrected chi connectivity index (χ0v) is 17.4. The van der Waals surface area contributed by atoms with E-state index in [0.717, 1.165) is 45.0 Å². The maximum atomic E-state index is 5.78. The SMILES string of the molecule is c1ccc2c(N3CCN(CCCOc4nc(-c5ncon5)cs4)CC3)nsc2c1. The molecule has 1 aliphatic heterocycles. The van der Waals surface area contributed by atoms with Crippen LogP contribution in [0.25, 0.3) is 21.6 Å². The highest BCUT2D eigenvalue weighted by atomic mass is 32.1. The predicted molar refractivity (Wildman–Crippen MR) is 114 cm³/mol. The summed E-state index contributed by atoms with van der Waals surface area (Å²) >= 11 is 3.04. The first-order chi connectivity index (χ1) is 14.4. The number of benzene rings is 1. The van der Waals surface area contributed by atoms with Crippen LogP contribution in [0.15, 0.2) is 40.6 Å². The Bertz CT molecular complexity index is 1060. The summed E-state index contributed by atoms with van der Waals surface area (Å²) in [5.74, 6) is 1.62. The summed E-state index contributed by atoms with van der Waals surface area (Å²) < 4.78 is 16.5. The van der Waals surface area contributed by atoms with Gasteiger partial charge in [-0.15, -0.1) is 0 Å². The molecule has 4 aromatic rings. The van der Waals surface area contributed by atoms with E-state index in [1.807, 2.05) is 5.38 Å². The molecular weight excluding hydrogens is 408 g/mol. The molecule has 0 unspecified atom stereocenters. The maximum absolute atomic E-state index is 5.78. The standard InChI is InChI=1S/C19H20N6O2S2/c1-2-5-16-14(4-1)18(23-29-16)25-9-7-24(8-10-25)6-3-11-26-19-21-15(12-28-19)17-20-13-27-22-17/h1-2,4-5,12-13H,3,6-11H2. The molecule has 4 heterocycles. The number of aromatic nitrogens is 4.